The standard InChI is InChI=1S/C6H11BrO3/c7-1-2-8-5-6-9-3-4-10-6/h6H,1-5H2. The van der Waals surface area contributed by atoms with Crippen molar-refractivity contribution in [1.82, 2.24) is 0 Å². The van der Waals surface area contributed by atoms with Gasteiger partial charge in [0.2, 0.25) is 0 Å². The van der Waals surface area contributed by atoms with Crippen molar-refractivity contribution in [2.24, 2.45) is 0 Å². The Morgan fingerprint density at radius 2 is 2.10 bits per heavy atom. The first-order valence-corrected chi connectivity index (χ1v) is 4.42. The molecule has 1 aliphatic rings. The van der Waals surface area contributed by atoms with E-state index in [-0.39, 0.29) is 6.29 Å². The first-order valence-electron chi connectivity index (χ1n) is 3.30. The van der Waals surface area contributed by atoms with Crippen LogP contribution in [0.3, 0.4) is 0 Å². The van der Waals surface area contributed by atoms with E-state index >= 15 is 0 Å². The van der Waals surface area contributed by atoms with Crippen molar-refractivity contribution < 1.29 is 14.2 Å². The van der Waals surface area contributed by atoms with Gasteiger partial charge in [0, 0.05) is 5.33 Å². The van der Waals surface area contributed by atoms with Crippen LogP contribution in [0.2, 0.25) is 0 Å². The molecular weight excluding hydrogens is 200 g/mol. The molecule has 0 atom stereocenters. The molecule has 0 unspecified atom stereocenters. The molecule has 10 heavy (non-hydrogen) atoms. The van der Waals surface area contributed by atoms with Crippen LogP contribution in [0.5, 0.6) is 0 Å². The van der Waals surface area contributed by atoms with Crippen LogP contribution in [-0.2, 0) is 14.2 Å². The highest BCUT2D eigenvalue weighted by Gasteiger charge is 2.14. The predicted molar refractivity (Wildman–Crippen MR) is 40.3 cm³/mol. The van der Waals surface area contributed by atoms with E-state index < -0.39 is 0 Å². The number of rotatable bonds is 4. The molecule has 0 radical (unpaired) electrons. The summed E-state index contributed by atoms with van der Waals surface area (Å²) in [6.45, 7) is 2.65. The van der Waals surface area contributed by atoms with Gasteiger partial charge in [0.15, 0.2) is 6.29 Å². The second-order valence-electron chi connectivity index (χ2n) is 1.94. The molecule has 0 aromatic carbocycles. The molecule has 1 rings (SSSR count). The summed E-state index contributed by atoms with van der Waals surface area (Å²) in [5, 5.41) is 0.861. The zero-order valence-electron chi connectivity index (χ0n) is 5.72. The lowest BCUT2D eigenvalue weighted by Crippen LogP contribution is -2.16. The molecule has 60 valence electrons. The maximum absolute atomic E-state index is 5.17. The lowest BCUT2D eigenvalue weighted by molar-refractivity contribution is -0.0916. The van der Waals surface area contributed by atoms with E-state index in [4.69, 9.17) is 14.2 Å². The van der Waals surface area contributed by atoms with Gasteiger partial charge in [0.1, 0.15) is 0 Å². The van der Waals surface area contributed by atoms with Gasteiger partial charge in [-0.3, -0.25) is 0 Å². The molecule has 0 bridgehead atoms. The molecule has 0 saturated carbocycles. The average Bonchev–Trinajstić information content (AvgIpc) is 2.41. The Morgan fingerprint density at radius 1 is 1.40 bits per heavy atom. The zero-order valence-corrected chi connectivity index (χ0v) is 7.30. The highest BCUT2D eigenvalue weighted by atomic mass is 79.9. The number of hydrogen-bond donors (Lipinski definition) is 0. The molecule has 0 aromatic rings. The number of ether oxygens (including phenoxy) is 3. The Bertz CT molecular complexity index is 83.1. The maximum atomic E-state index is 5.17. The third kappa shape index (κ3) is 2.96. The van der Waals surface area contributed by atoms with Crippen molar-refractivity contribution >= 4 is 15.9 Å². The zero-order chi connectivity index (χ0) is 7.23. The van der Waals surface area contributed by atoms with Crippen molar-refractivity contribution in [3.05, 3.63) is 0 Å². The second-order valence-corrected chi connectivity index (χ2v) is 2.73. The molecule has 0 aromatic heterocycles. The summed E-state index contributed by atoms with van der Waals surface area (Å²) < 4.78 is 15.4. The Morgan fingerprint density at radius 3 is 2.70 bits per heavy atom. The fraction of sp³-hybridized carbons (Fsp3) is 1.00. The van der Waals surface area contributed by atoms with Crippen LogP contribution < -0.4 is 0 Å². The molecule has 4 heteroatoms. The van der Waals surface area contributed by atoms with Gasteiger partial charge < -0.3 is 14.2 Å². The molecule has 3 nitrogen and oxygen atoms in total. The molecule has 0 aliphatic carbocycles. The van der Waals surface area contributed by atoms with Crippen molar-refractivity contribution in [3.8, 4) is 0 Å². The van der Waals surface area contributed by atoms with E-state index in [2.05, 4.69) is 15.9 Å². The highest BCUT2D eigenvalue weighted by molar-refractivity contribution is 9.09. The first-order chi connectivity index (χ1) is 4.93. The van der Waals surface area contributed by atoms with Gasteiger partial charge in [0.05, 0.1) is 26.4 Å². The quantitative estimate of drug-likeness (QED) is 0.507. The Kier molecular flexibility index (Phi) is 4.29. The molecule has 0 spiro atoms. The fourth-order valence-electron chi connectivity index (χ4n) is 0.738. The van der Waals surface area contributed by atoms with Gasteiger partial charge in [-0.05, 0) is 0 Å². The normalized spacial score (nSPS) is 20.1. The molecule has 1 heterocycles. The molecule has 1 saturated heterocycles. The van der Waals surface area contributed by atoms with Crippen LogP contribution in [-0.4, -0.2) is 38.0 Å². The van der Waals surface area contributed by atoms with Gasteiger partial charge in [0.25, 0.3) is 0 Å². The van der Waals surface area contributed by atoms with Crippen molar-refractivity contribution in [1.29, 1.82) is 0 Å². The van der Waals surface area contributed by atoms with Crippen LogP contribution in [0.15, 0.2) is 0 Å². The summed E-state index contributed by atoms with van der Waals surface area (Å²) in [7, 11) is 0. The van der Waals surface area contributed by atoms with Crippen molar-refractivity contribution in [2.75, 3.05) is 31.8 Å². The van der Waals surface area contributed by atoms with E-state index in [0.717, 1.165) is 5.33 Å². The number of alkyl halides is 1. The van der Waals surface area contributed by atoms with Gasteiger partial charge >= 0.3 is 0 Å². The molecular formula is C6H11BrO3. The van der Waals surface area contributed by atoms with Crippen LogP contribution in [0.4, 0.5) is 0 Å². The predicted octanol–water partition coefficient (Wildman–Crippen LogP) is 0.771. The summed E-state index contributed by atoms with van der Waals surface area (Å²) in [6.07, 6.45) is -0.126. The largest absolute Gasteiger partial charge is 0.375 e. The smallest absolute Gasteiger partial charge is 0.181 e. The first kappa shape index (κ1) is 8.46. The SMILES string of the molecule is BrCCOCC1OCCO1. The topological polar surface area (TPSA) is 27.7 Å². The summed E-state index contributed by atoms with van der Waals surface area (Å²) in [5.74, 6) is 0. The van der Waals surface area contributed by atoms with E-state index in [1.807, 2.05) is 0 Å². The van der Waals surface area contributed by atoms with E-state index in [0.29, 0.717) is 26.4 Å². The van der Waals surface area contributed by atoms with Crippen LogP contribution in [0.25, 0.3) is 0 Å². The van der Waals surface area contributed by atoms with Gasteiger partial charge in [-0.2, -0.15) is 0 Å². The lowest BCUT2D eigenvalue weighted by atomic mass is 10.7. The lowest BCUT2D eigenvalue weighted by Gasteiger charge is -2.07. The van der Waals surface area contributed by atoms with Crippen molar-refractivity contribution in [3.63, 3.8) is 0 Å². The van der Waals surface area contributed by atoms with Crippen molar-refractivity contribution in [2.45, 2.75) is 6.29 Å². The third-order valence-corrected chi connectivity index (χ3v) is 1.49. The van der Waals surface area contributed by atoms with E-state index in [9.17, 15) is 0 Å². The Labute approximate surface area is 68.8 Å². The minimum atomic E-state index is -0.126. The molecule has 1 fully saturated rings. The Balaban J connectivity index is 1.91. The Hall–Kier alpha value is 0.360. The summed E-state index contributed by atoms with van der Waals surface area (Å²) in [4.78, 5) is 0. The molecule has 1 aliphatic heterocycles. The summed E-state index contributed by atoms with van der Waals surface area (Å²) in [6, 6.07) is 0. The monoisotopic (exact) mass is 210 g/mol. The minimum Gasteiger partial charge on any atom is -0.375 e. The van der Waals surface area contributed by atoms with Gasteiger partial charge in [-0.1, -0.05) is 15.9 Å². The van der Waals surface area contributed by atoms with Gasteiger partial charge in [-0.25, -0.2) is 0 Å². The van der Waals surface area contributed by atoms with E-state index in [1.54, 1.807) is 0 Å². The third-order valence-electron chi connectivity index (χ3n) is 1.17. The average molecular weight is 211 g/mol. The van der Waals surface area contributed by atoms with Crippen LogP contribution in [0.1, 0.15) is 0 Å². The fourth-order valence-corrected chi connectivity index (χ4v) is 0.966. The number of hydrogen-bond acceptors (Lipinski definition) is 3. The molecule has 0 N–H and O–H groups in total. The molecule has 0 amide bonds. The summed E-state index contributed by atoms with van der Waals surface area (Å²) in [5.41, 5.74) is 0. The van der Waals surface area contributed by atoms with Crippen LogP contribution in [0, 0.1) is 0 Å². The van der Waals surface area contributed by atoms with Crippen LogP contribution >= 0.6 is 15.9 Å². The highest BCUT2D eigenvalue weighted by Crippen LogP contribution is 2.03. The van der Waals surface area contributed by atoms with E-state index in [1.165, 1.54) is 0 Å². The summed E-state index contributed by atoms with van der Waals surface area (Å²) >= 11 is 3.25. The maximum Gasteiger partial charge on any atom is 0.181 e. The number of halogens is 1. The minimum absolute atomic E-state index is 0.126. The van der Waals surface area contributed by atoms with Gasteiger partial charge in [-0.15, -0.1) is 0 Å². The second kappa shape index (κ2) is 5.07.